The Bertz CT molecular complexity index is 436. The molecule has 0 radical (unpaired) electrons. The molecule has 1 atom stereocenters. The highest BCUT2D eigenvalue weighted by atomic mass is 127. The number of thioether (sulfide) groups is 1. The van der Waals surface area contributed by atoms with Gasteiger partial charge in [-0.3, -0.25) is 4.79 Å². The average molecular weight is 395 g/mol. The number of hydrogen-bond acceptors (Lipinski definition) is 2. The lowest BCUT2D eigenvalue weighted by Crippen LogP contribution is -2.03. The van der Waals surface area contributed by atoms with Gasteiger partial charge in [-0.25, -0.2) is 0 Å². The third-order valence-corrected chi connectivity index (χ3v) is 3.66. The zero-order valence-electron chi connectivity index (χ0n) is 8.52. The maximum absolute atomic E-state index is 12.2. The molecule has 94 valence electrons. The van der Waals surface area contributed by atoms with E-state index in [1.165, 1.54) is 19.1 Å². The van der Waals surface area contributed by atoms with Gasteiger partial charge >= 0.3 is 5.51 Å². The second-order valence-electron chi connectivity index (χ2n) is 3.24. The fourth-order valence-corrected chi connectivity index (χ4v) is 2.84. The molecular formula is C10H7ClF3IOS. The molecule has 0 amide bonds. The minimum atomic E-state index is -4.35. The van der Waals surface area contributed by atoms with E-state index in [-0.39, 0.29) is 22.4 Å². The molecule has 0 spiro atoms. The van der Waals surface area contributed by atoms with Crippen molar-refractivity contribution in [2.45, 2.75) is 22.7 Å². The lowest BCUT2D eigenvalue weighted by atomic mass is 10.1. The molecule has 1 rings (SSSR count). The summed E-state index contributed by atoms with van der Waals surface area (Å²) in [6.45, 7) is 1.30. The largest absolute Gasteiger partial charge is 0.446 e. The number of benzene rings is 1. The molecule has 1 unspecified atom stereocenters. The zero-order chi connectivity index (χ0) is 13.2. The Morgan fingerprint density at radius 2 is 2.00 bits per heavy atom. The van der Waals surface area contributed by atoms with E-state index in [4.69, 9.17) is 11.6 Å². The SMILES string of the molecule is CC(=O)C(Cl)c1cc(I)cc(SC(F)(F)F)c1. The van der Waals surface area contributed by atoms with Crippen LogP contribution in [-0.4, -0.2) is 11.3 Å². The molecule has 0 N–H and O–H groups in total. The number of Topliss-reactive ketones (excluding diaryl/α,β-unsaturated/α-hetero) is 1. The number of ketones is 1. The van der Waals surface area contributed by atoms with Crippen LogP contribution in [0.4, 0.5) is 13.2 Å². The van der Waals surface area contributed by atoms with Gasteiger partial charge in [-0.2, -0.15) is 13.2 Å². The smallest absolute Gasteiger partial charge is 0.298 e. The van der Waals surface area contributed by atoms with E-state index in [9.17, 15) is 18.0 Å². The molecule has 0 aliphatic rings. The van der Waals surface area contributed by atoms with Crippen LogP contribution in [0.25, 0.3) is 0 Å². The maximum Gasteiger partial charge on any atom is 0.446 e. The van der Waals surface area contributed by atoms with Crippen LogP contribution in [0.2, 0.25) is 0 Å². The predicted molar refractivity (Wildman–Crippen MR) is 70.3 cm³/mol. The number of rotatable bonds is 3. The Morgan fingerprint density at radius 1 is 1.41 bits per heavy atom. The van der Waals surface area contributed by atoms with Crippen LogP contribution >= 0.6 is 46.0 Å². The number of alkyl halides is 4. The van der Waals surface area contributed by atoms with Crippen molar-refractivity contribution in [3.8, 4) is 0 Å². The molecule has 0 aliphatic heterocycles. The summed E-state index contributed by atoms with van der Waals surface area (Å²) in [5, 5.41) is -0.905. The molecule has 0 aliphatic carbocycles. The van der Waals surface area contributed by atoms with Gasteiger partial charge in [0.25, 0.3) is 0 Å². The lowest BCUT2D eigenvalue weighted by Gasteiger charge is -2.11. The summed E-state index contributed by atoms with van der Waals surface area (Å²) >= 11 is 7.49. The van der Waals surface area contributed by atoms with Gasteiger partial charge in [0.1, 0.15) is 5.38 Å². The first-order chi connectivity index (χ1) is 7.69. The van der Waals surface area contributed by atoms with E-state index < -0.39 is 10.9 Å². The van der Waals surface area contributed by atoms with Gasteiger partial charge in [0.2, 0.25) is 0 Å². The second kappa shape index (κ2) is 5.79. The first kappa shape index (κ1) is 15.1. The van der Waals surface area contributed by atoms with Crippen molar-refractivity contribution in [1.82, 2.24) is 0 Å². The molecule has 1 aromatic rings. The number of halogens is 5. The van der Waals surface area contributed by atoms with E-state index in [1.54, 1.807) is 6.07 Å². The van der Waals surface area contributed by atoms with Crippen LogP contribution < -0.4 is 0 Å². The Labute approximate surface area is 119 Å². The monoisotopic (exact) mass is 394 g/mol. The summed E-state index contributed by atoms with van der Waals surface area (Å²) in [6.07, 6.45) is 0. The van der Waals surface area contributed by atoms with Gasteiger partial charge in [0, 0.05) is 8.47 Å². The fourth-order valence-electron chi connectivity index (χ4n) is 1.16. The van der Waals surface area contributed by atoms with Crippen LogP contribution in [-0.2, 0) is 4.79 Å². The fraction of sp³-hybridized carbons (Fsp3) is 0.300. The van der Waals surface area contributed by atoms with Gasteiger partial charge in [0.15, 0.2) is 5.78 Å². The van der Waals surface area contributed by atoms with Crippen LogP contribution in [0, 0.1) is 3.57 Å². The molecule has 17 heavy (non-hydrogen) atoms. The molecule has 0 heterocycles. The topological polar surface area (TPSA) is 17.1 Å². The van der Waals surface area contributed by atoms with E-state index in [0.29, 0.717) is 9.13 Å². The van der Waals surface area contributed by atoms with Crippen molar-refractivity contribution in [1.29, 1.82) is 0 Å². The van der Waals surface area contributed by atoms with Crippen LogP contribution in [0.3, 0.4) is 0 Å². The second-order valence-corrected chi connectivity index (χ2v) is 6.06. The van der Waals surface area contributed by atoms with Gasteiger partial charge in [-0.05, 0) is 65.0 Å². The summed E-state index contributed by atoms with van der Waals surface area (Å²) < 4.78 is 37.3. The Morgan fingerprint density at radius 3 is 2.47 bits per heavy atom. The molecule has 0 fully saturated rings. The minimum Gasteiger partial charge on any atom is -0.298 e. The van der Waals surface area contributed by atoms with Gasteiger partial charge in [0.05, 0.1) is 0 Å². The summed E-state index contributed by atoms with van der Waals surface area (Å²) in [6, 6.07) is 4.28. The van der Waals surface area contributed by atoms with E-state index in [1.807, 2.05) is 22.6 Å². The molecule has 0 aromatic heterocycles. The van der Waals surface area contributed by atoms with Crippen LogP contribution in [0.5, 0.6) is 0 Å². The minimum absolute atomic E-state index is 0.0336. The van der Waals surface area contributed by atoms with Crippen molar-refractivity contribution in [2.24, 2.45) is 0 Å². The number of hydrogen-bond donors (Lipinski definition) is 0. The molecule has 0 saturated heterocycles. The standard InChI is InChI=1S/C10H7ClF3IOS/c1-5(16)9(11)6-2-7(15)4-8(3-6)17-10(12,13)14/h2-4,9H,1H3. The normalized spacial score (nSPS) is 13.5. The predicted octanol–water partition coefficient (Wildman–Crippen LogP) is 4.77. The van der Waals surface area contributed by atoms with Crippen molar-refractivity contribution in [3.63, 3.8) is 0 Å². The van der Waals surface area contributed by atoms with Crippen molar-refractivity contribution in [2.75, 3.05) is 0 Å². The van der Waals surface area contributed by atoms with Crippen LogP contribution in [0.1, 0.15) is 17.9 Å². The van der Waals surface area contributed by atoms with Gasteiger partial charge < -0.3 is 0 Å². The Kier molecular flexibility index (Phi) is 5.15. The first-order valence-electron chi connectivity index (χ1n) is 4.40. The van der Waals surface area contributed by atoms with E-state index in [2.05, 4.69) is 0 Å². The molecule has 1 nitrogen and oxygen atoms in total. The summed E-state index contributed by atoms with van der Waals surface area (Å²) in [5.41, 5.74) is -3.96. The number of carbonyl (C=O) groups excluding carboxylic acids is 1. The van der Waals surface area contributed by atoms with Crippen molar-refractivity contribution >= 4 is 51.7 Å². The van der Waals surface area contributed by atoms with Gasteiger partial charge in [-0.1, -0.05) is 0 Å². The quantitative estimate of drug-likeness (QED) is 0.417. The third-order valence-electron chi connectivity index (χ3n) is 1.78. The highest BCUT2D eigenvalue weighted by Crippen LogP contribution is 2.39. The van der Waals surface area contributed by atoms with Gasteiger partial charge in [-0.15, -0.1) is 11.6 Å². The zero-order valence-corrected chi connectivity index (χ0v) is 12.2. The summed E-state index contributed by atoms with van der Waals surface area (Å²) in [4.78, 5) is 11.1. The summed E-state index contributed by atoms with van der Waals surface area (Å²) in [7, 11) is 0. The average Bonchev–Trinajstić information content (AvgIpc) is 2.12. The summed E-state index contributed by atoms with van der Waals surface area (Å²) in [5.74, 6) is -0.295. The molecule has 1 aromatic carbocycles. The molecule has 0 saturated carbocycles. The third kappa shape index (κ3) is 5.05. The molecule has 0 bridgehead atoms. The Hall–Kier alpha value is 0.0500. The highest BCUT2D eigenvalue weighted by Gasteiger charge is 2.29. The van der Waals surface area contributed by atoms with E-state index in [0.717, 1.165) is 0 Å². The van der Waals surface area contributed by atoms with Crippen molar-refractivity contribution in [3.05, 3.63) is 27.3 Å². The molecular weight excluding hydrogens is 388 g/mol. The number of carbonyl (C=O) groups is 1. The van der Waals surface area contributed by atoms with E-state index >= 15 is 0 Å². The lowest BCUT2D eigenvalue weighted by molar-refractivity contribution is -0.116. The van der Waals surface area contributed by atoms with Crippen molar-refractivity contribution < 1.29 is 18.0 Å². The maximum atomic E-state index is 12.2. The first-order valence-corrected chi connectivity index (χ1v) is 6.73. The molecule has 7 heteroatoms. The Balaban J connectivity index is 3.06. The van der Waals surface area contributed by atoms with Crippen LogP contribution in [0.15, 0.2) is 23.1 Å². The highest BCUT2D eigenvalue weighted by molar-refractivity contribution is 14.1.